The topological polar surface area (TPSA) is 32.3 Å². The zero-order chi connectivity index (χ0) is 10.8. The Kier molecular flexibility index (Phi) is 2.62. The lowest BCUT2D eigenvalue weighted by molar-refractivity contribution is 0.243. The first-order chi connectivity index (χ1) is 7.20. The second kappa shape index (κ2) is 3.93. The number of nitrogens with one attached hydrogen (secondary N) is 1. The average Bonchev–Trinajstić information content (AvgIpc) is 2.20. The number of para-hydroxylation sites is 1. The minimum absolute atomic E-state index is 0.0265. The molecule has 1 fully saturated rings. The molecule has 1 aromatic carbocycles. The maximum absolute atomic E-state index is 11.7. The van der Waals surface area contributed by atoms with E-state index in [-0.39, 0.29) is 6.03 Å². The lowest BCUT2D eigenvalue weighted by Gasteiger charge is -2.30. The van der Waals surface area contributed by atoms with Gasteiger partial charge in [-0.05, 0) is 31.4 Å². The summed E-state index contributed by atoms with van der Waals surface area (Å²) < 4.78 is 0. The lowest BCUT2D eigenvalue weighted by Crippen LogP contribution is -2.47. The molecule has 3 heteroatoms. The summed E-state index contributed by atoms with van der Waals surface area (Å²) in [4.78, 5) is 13.6. The number of rotatable bonds is 1. The van der Waals surface area contributed by atoms with Gasteiger partial charge in [0.05, 0.1) is 5.69 Å². The van der Waals surface area contributed by atoms with Crippen LogP contribution in [0.15, 0.2) is 18.2 Å². The van der Waals surface area contributed by atoms with Crippen LogP contribution in [0.5, 0.6) is 0 Å². The Labute approximate surface area is 90.1 Å². The summed E-state index contributed by atoms with van der Waals surface area (Å²) >= 11 is 0. The molecule has 1 saturated heterocycles. The third kappa shape index (κ3) is 1.82. The maximum atomic E-state index is 11.7. The van der Waals surface area contributed by atoms with Crippen molar-refractivity contribution in [2.75, 3.05) is 18.0 Å². The van der Waals surface area contributed by atoms with Crippen LogP contribution in [0.4, 0.5) is 10.5 Å². The summed E-state index contributed by atoms with van der Waals surface area (Å²) in [5.41, 5.74) is 3.38. The van der Waals surface area contributed by atoms with Crippen molar-refractivity contribution in [3.63, 3.8) is 0 Å². The molecule has 1 heterocycles. The van der Waals surface area contributed by atoms with Gasteiger partial charge in [-0.15, -0.1) is 0 Å². The van der Waals surface area contributed by atoms with Gasteiger partial charge in [0.15, 0.2) is 0 Å². The van der Waals surface area contributed by atoms with E-state index < -0.39 is 0 Å². The molecule has 0 aliphatic carbocycles. The van der Waals surface area contributed by atoms with Crippen molar-refractivity contribution in [2.45, 2.75) is 20.3 Å². The van der Waals surface area contributed by atoms with Crippen LogP contribution in [-0.4, -0.2) is 19.1 Å². The number of hydrogen-bond acceptors (Lipinski definition) is 1. The lowest BCUT2D eigenvalue weighted by atomic mass is 10.1. The molecule has 1 aliphatic heterocycles. The van der Waals surface area contributed by atoms with Crippen molar-refractivity contribution in [2.24, 2.45) is 0 Å². The van der Waals surface area contributed by atoms with E-state index in [2.05, 4.69) is 5.32 Å². The van der Waals surface area contributed by atoms with E-state index in [4.69, 9.17) is 0 Å². The molecular formula is C12H16N2O. The number of anilines is 1. The number of carbonyl (C=O) groups excluding carboxylic acids is 1. The number of aryl methyl sites for hydroxylation is 2. The van der Waals surface area contributed by atoms with Crippen LogP contribution in [-0.2, 0) is 0 Å². The molecule has 0 radical (unpaired) electrons. The Bertz CT molecular complexity index is 367. The molecule has 2 rings (SSSR count). The number of hydrogen-bond donors (Lipinski definition) is 1. The van der Waals surface area contributed by atoms with Gasteiger partial charge in [-0.3, -0.25) is 4.90 Å². The minimum Gasteiger partial charge on any atom is -0.338 e. The molecule has 0 bridgehead atoms. The molecule has 2 amide bonds. The molecule has 0 aromatic heterocycles. The van der Waals surface area contributed by atoms with E-state index in [0.717, 1.165) is 36.3 Å². The molecule has 1 aromatic rings. The van der Waals surface area contributed by atoms with Gasteiger partial charge in [0.25, 0.3) is 0 Å². The average molecular weight is 204 g/mol. The monoisotopic (exact) mass is 204 g/mol. The second-order valence-corrected chi connectivity index (χ2v) is 3.98. The van der Waals surface area contributed by atoms with Crippen molar-refractivity contribution in [3.8, 4) is 0 Å². The summed E-state index contributed by atoms with van der Waals surface area (Å²) in [5, 5.41) is 2.87. The van der Waals surface area contributed by atoms with Gasteiger partial charge in [-0.25, -0.2) is 4.79 Å². The van der Waals surface area contributed by atoms with E-state index in [1.54, 1.807) is 0 Å². The Balaban J connectivity index is 2.39. The molecule has 1 aliphatic rings. The summed E-state index contributed by atoms with van der Waals surface area (Å²) in [5.74, 6) is 0. The zero-order valence-electron chi connectivity index (χ0n) is 9.21. The Morgan fingerprint density at radius 2 is 1.93 bits per heavy atom. The highest BCUT2D eigenvalue weighted by molar-refractivity contribution is 5.94. The SMILES string of the molecule is Cc1cccc(C)c1N1CCCNC1=O. The third-order valence-corrected chi connectivity index (χ3v) is 2.79. The summed E-state index contributed by atoms with van der Waals surface area (Å²) in [6.45, 7) is 5.70. The number of carbonyl (C=O) groups is 1. The van der Waals surface area contributed by atoms with Crippen LogP contribution >= 0.6 is 0 Å². The molecule has 3 nitrogen and oxygen atoms in total. The van der Waals surface area contributed by atoms with Gasteiger partial charge in [-0.1, -0.05) is 18.2 Å². The second-order valence-electron chi connectivity index (χ2n) is 3.98. The number of nitrogens with zero attached hydrogens (tertiary/aromatic N) is 1. The third-order valence-electron chi connectivity index (χ3n) is 2.79. The predicted molar refractivity (Wildman–Crippen MR) is 61.3 cm³/mol. The fourth-order valence-electron chi connectivity index (χ4n) is 2.07. The van der Waals surface area contributed by atoms with Crippen LogP contribution in [0.2, 0.25) is 0 Å². The highest BCUT2D eigenvalue weighted by atomic mass is 16.2. The Morgan fingerprint density at radius 1 is 1.27 bits per heavy atom. The zero-order valence-corrected chi connectivity index (χ0v) is 9.21. The van der Waals surface area contributed by atoms with Crippen molar-refractivity contribution in [3.05, 3.63) is 29.3 Å². The first-order valence-electron chi connectivity index (χ1n) is 5.32. The van der Waals surface area contributed by atoms with Gasteiger partial charge in [0.1, 0.15) is 0 Å². The normalized spacial score (nSPS) is 16.4. The van der Waals surface area contributed by atoms with Gasteiger partial charge < -0.3 is 5.32 Å². The summed E-state index contributed by atoms with van der Waals surface area (Å²) in [6, 6.07) is 6.14. The van der Waals surface area contributed by atoms with E-state index in [0.29, 0.717) is 0 Å². The summed E-state index contributed by atoms with van der Waals surface area (Å²) in [6.07, 6.45) is 1.01. The molecule has 0 unspecified atom stereocenters. The van der Waals surface area contributed by atoms with E-state index in [1.165, 1.54) is 0 Å². The standard InChI is InChI=1S/C12H16N2O/c1-9-5-3-6-10(2)11(9)14-8-4-7-13-12(14)15/h3,5-6H,4,7-8H2,1-2H3,(H,13,15). The van der Waals surface area contributed by atoms with Crippen LogP contribution in [0.25, 0.3) is 0 Å². The number of amides is 2. The van der Waals surface area contributed by atoms with Crippen LogP contribution in [0.3, 0.4) is 0 Å². The quantitative estimate of drug-likeness (QED) is 0.747. The Hall–Kier alpha value is -1.51. The highest BCUT2D eigenvalue weighted by Crippen LogP contribution is 2.25. The van der Waals surface area contributed by atoms with Crippen molar-refractivity contribution in [1.82, 2.24) is 5.32 Å². The summed E-state index contributed by atoms with van der Waals surface area (Å²) in [7, 11) is 0. The molecule has 0 spiro atoms. The van der Waals surface area contributed by atoms with Crippen molar-refractivity contribution >= 4 is 11.7 Å². The van der Waals surface area contributed by atoms with Crippen molar-refractivity contribution in [1.29, 1.82) is 0 Å². The maximum Gasteiger partial charge on any atom is 0.321 e. The molecule has 1 N–H and O–H groups in total. The van der Waals surface area contributed by atoms with Gasteiger partial charge in [-0.2, -0.15) is 0 Å². The van der Waals surface area contributed by atoms with Gasteiger partial charge in [0.2, 0.25) is 0 Å². The fourth-order valence-corrected chi connectivity index (χ4v) is 2.07. The first-order valence-corrected chi connectivity index (χ1v) is 5.32. The van der Waals surface area contributed by atoms with E-state index >= 15 is 0 Å². The van der Waals surface area contributed by atoms with Crippen LogP contribution < -0.4 is 10.2 Å². The molecule has 0 saturated carbocycles. The fraction of sp³-hybridized carbons (Fsp3) is 0.417. The molecule has 0 atom stereocenters. The minimum atomic E-state index is 0.0265. The highest BCUT2D eigenvalue weighted by Gasteiger charge is 2.21. The van der Waals surface area contributed by atoms with Gasteiger partial charge in [0, 0.05) is 13.1 Å². The first kappa shape index (κ1) is 10.0. The van der Waals surface area contributed by atoms with Crippen LogP contribution in [0, 0.1) is 13.8 Å². The van der Waals surface area contributed by atoms with E-state index in [9.17, 15) is 4.79 Å². The molecule has 15 heavy (non-hydrogen) atoms. The van der Waals surface area contributed by atoms with E-state index in [1.807, 2.05) is 36.9 Å². The Morgan fingerprint density at radius 3 is 2.53 bits per heavy atom. The molecular weight excluding hydrogens is 188 g/mol. The van der Waals surface area contributed by atoms with Crippen molar-refractivity contribution < 1.29 is 4.79 Å². The van der Waals surface area contributed by atoms with Gasteiger partial charge >= 0.3 is 6.03 Å². The largest absolute Gasteiger partial charge is 0.338 e. The smallest absolute Gasteiger partial charge is 0.321 e. The number of benzene rings is 1. The number of urea groups is 1. The predicted octanol–water partition coefficient (Wildman–Crippen LogP) is 2.22. The molecule has 80 valence electrons. The van der Waals surface area contributed by atoms with Crippen LogP contribution in [0.1, 0.15) is 17.5 Å².